The Labute approximate surface area is 314 Å². The van der Waals surface area contributed by atoms with Gasteiger partial charge in [-0.3, -0.25) is 39.2 Å². The van der Waals surface area contributed by atoms with Gasteiger partial charge in [0, 0.05) is 57.7 Å². The Bertz CT molecular complexity index is 1520. The molecule has 54 heavy (non-hydrogen) atoms. The van der Waals surface area contributed by atoms with Crippen LogP contribution in [0.3, 0.4) is 0 Å². The number of methoxy groups -OCH3 is 1. The predicted molar refractivity (Wildman–Crippen MR) is 193 cm³/mol. The van der Waals surface area contributed by atoms with E-state index >= 15 is 0 Å². The monoisotopic (exact) mass is 756 g/mol. The number of carbonyl (C=O) groups excluding carboxylic acids is 7. The minimum absolute atomic E-state index is 0.0219. The van der Waals surface area contributed by atoms with E-state index in [4.69, 9.17) is 19.9 Å². The minimum atomic E-state index is -1.21. The lowest BCUT2D eigenvalue weighted by atomic mass is 9.89. The van der Waals surface area contributed by atoms with Crippen molar-refractivity contribution in [3.05, 3.63) is 65.7 Å². The summed E-state index contributed by atoms with van der Waals surface area (Å²) in [5.74, 6) is -6.26. The van der Waals surface area contributed by atoms with Crippen molar-refractivity contribution in [1.29, 1.82) is 0 Å². The summed E-state index contributed by atoms with van der Waals surface area (Å²) in [5, 5.41) is 33.1. The average Bonchev–Trinajstić information content (AvgIpc) is 3.16. The average molecular weight is 757 g/mol. The summed E-state index contributed by atoms with van der Waals surface area (Å²) in [4.78, 5) is 90.8. The van der Waals surface area contributed by atoms with E-state index in [-0.39, 0.29) is 69.5 Å². The van der Waals surface area contributed by atoms with E-state index in [1.807, 2.05) is 0 Å². The van der Waals surface area contributed by atoms with Gasteiger partial charge in [0.15, 0.2) is 11.6 Å². The first kappa shape index (κ1) is 45.1. The number of amides is 4. The molecule has 0 fully saturated rings. The third-order valence-corrected chi connectivity index (χ3v) is 8.61. The Hall–Kier alpha value is -5.03. The zero-order valence-corrected chi connectivity index (χ0v) is 30.7. The highest BCUT2D eigenvalue weighted by atomic mass is 16.5. The number of hydrogen-bond donors (Lipinski definition) is 7. The molecule has 16 nitrogen and oxygen atoms in total. The predicted octanol–water partition coefficient (Wildman–Crippen LogP) is 1.90. The van der Waals surface area contributed by atoms with Gasteiger partial charge in [0.2, 0.25) is 23.6 Å². The molecule has 0 heterocycles. The molecule has 16 heteroatoms. The molecule has 0 aliphatic carbocycles. The Kier molecular flexibility index (Phi) is 21.0. The lowest BCUT2D eigenvalue weighted by molar-refractivity contribution is -0.136. The fourth-order valence-electron chi connectivity index (χ4n) is 5.68. The van der Waals surface area contributed by atoms with E-state index in [2.05, 4.69) is 10.6 Å². The summed E-state index contributed by atoms with van der Waals surface area (Å²) < 4.78 is 10.3. The number of rotatable bonds is 27. The molecule has 0 unspecified atom stereocenters. The molecule has 296 valence electrons. The molecule has 4 atom stereocenters. The number of ketones is 3. The van der Waals surface area contributed by atoms with Crippen LogP contribution in [0.1, 0.15) is 69.4 Å². The van der Waals surface area contributed by atoms with E-state index in [0.29, 0.717) is 30.8 Å². The molecular weight excluding hydrogens is 704 g/mol. The molecule has 4 amide bonds. The van der Waals surface area contributed by atoms with Crippen molar-refractivity contribution < 1.29 is 58.6 Å². The zero-order valence-electron chi connectivity index (χ0n) is 30.7. The summed E-state index contributed by atoms with van der Waals surface area (Å²) >= 11 is 0. The smallest absolute Gasteiger partial charge is 0.243 e. The van der Waals surface area contributed by atoms with Crippen molar-refractivity contribution in [3.63, 3.8) is 0 Å². The van der Waals surface area contributed by atoms with Crippen molar-refractivity contribution in [2.75, 3.05) is 26.9 Å². The van der Waals surface area contributed by atoms with Gasteiger partial charge in [-0.05, 0) is 62.3 Å². The normalized spacial score (nSPS) is 13.1. The maximum Gasteiger partial charge on any atom is 0.243 e. The number of ether oxygens (including phenoxy) is 2. The maximum atomic E-state index is 14.1. The molecule has 2 rings (SSSR count). The number of phenols is 1. The number of aromatic hydroxyl groups is 1. The summed E-state index contributed by atoms with van der Waals surface area (Å²) in [6.07, 6.45) is -1.23. The van der Waals surface area contributed by atoms with E-state index in [1.54, 1.807) is 42.5 Å². The summed E-state index contributed by atoms with van der Waals surface area (Å²) in [6.45, 7) is 2.27. The number of nitrogens with one attached hydrogen (secondary N) is 4. The van der Waals surface area contributed by atoms with Crippen LogP contribution in [0.15, 0.2) is 54.6 Å². The molecule has 0 saturated carbocycles. The second-order valence-corrected chi connectivity index (χ2v) is 13.0. The van der Waals surface area contributed by atoms with Crippen molar-refractivity contribution in [1.82, 2.24) is 21.6 Å². The molecule has 0 aliphatic heterocycles. The van der Waals surface area contributed by atoms with E-state index in [1.165, 1.54) is 37.1 Å². The van der Waals surface area contributed by atoms with Crippen LogP contribution in [0.4, 0.5) is 0 Å². The third kappa shape index (κ3) is 17.7. The van der Waals surface area contributed by atoms with Crippen molar-refractivity contribution in [2.45, 2.75) is 83.2 Å². The molecule has 0 radical (unpaired) electrons. The van der Waals surface area contributed by atoms with E-state index in [0.717, 1.165) is 0 Å². The molecule has 2 aromatic carbocycles. The highest BCUT2D eigenvalue weighted by Gasteiger charge is 2.32. The van der Waals surface area contributed by atoms with Gasteiger partial charge in [-0.15, -0.1) is 0 Å². The molecule has 7 N–H and O–H groups in total. The number of hydroxylamine groups is 2. The number of phenolic OH excluding ortho intramolecular Hbond substituents is 1. The van der Waals surface area contributed by atoms with Gasteiger partial charge in [-0.1, -0.05) is 42.5 Å². The van der Waals surface area contributed by atoms with Crippen LogP contribution >= 0.6 is 0 Å². The summed E-state index contributed by atoms with van der Waals surface area (Å²) in [5.41, 5.74) is 4.34. The van der Waals surface area contributed by atoms with Gasteiger partial charge in [0.25, 0.3) is 0 Å². The van der Waals surface area contributed by atoms with Gasteiger partial charge in [0.05, 0.1) is 25.3 Å². The molecular formula is C38H52N4O12. The van der Waals surface area contributed by atoms with Gasteiger partial charge >= 0.3 is 0 Å². The van der Waals surface area contributed by atoms with Gasteiger partial charge in [-0.2, -0.15) is 0 Å². The van der Waals surface area contributed by atoms with Gasteiger partial charge < -0.3 is 30.0 Å². The largest absolute Gasteiger partial charge is 0.508 e. The zero-order chi connectivity index (χ0) is 39.9. The second kappa shape index (κ2) is 25.1. The van der Waals surface area contributed by atoms with Crippen LogP contribution in [0.2, 0.25) is 0 Å². The third-order valence-electron chi connectivity index (χ3n) is 8.61. The second-order valence-electron chi connectivity index (χ2n) is 13.0. The van der Waals surface area contributed by atoms with E-state index < -0.39 is 65.5 Å². The number of Topliss-reactive ketones (excluding diaryl/α,β-unsaturated/α-hetero) is 3. The fourth-order valence-corrected chi connectivity index (χ4v) is 5.68. The maximum absolute atomic E-state index is 14.1. The molecule has 0 spiro atoms. The number of benzene rings is 2. The van der Waals surface area contributed by atoms with Crippen LogP contribution in [0.5, 0.6) is 5.75 Å². The van der Waals surface area contributed by atoms with Crippen LogP contribution < -0.4 is 21.6 Å². The quantitative estimate of drug-likeness (QED) is 0.0393. The Morgan fingerprint density at radius 2 is 1.24 bits per heavy atom. The molecule has 0 aliphatic rings. The van der Waals surface area contributed by atoms with Crippen molar-refractivity contribution in [3.8, 4) is 5.75 Å². The SMILES string of the molecule is COCCOCCCC(=O)[C@@H](CCC(=O)NO)NC(=O)[C@H](CCC(=O)NO)CC(=O)[C@@H](Cc1ccccc1)NC(=O)[C@@H](CC(C)=O)Cc1ccc(O)cc1. The highest BCUT2D eigenvalue weighted by Crippen LogP contribution is 2.20. The molecule has 2 aromatic rings. The summed E-state index contributed by atoms with van der Waals surface area (Å²) in [7, 11) is 1.52. The Balaban J connectivity index is 2.34. The number of carbonyl (C=O) groups is 7. The van der Waals surface area contributed by atoms with Crippen LogP contribution in [-0.2, 0) is 55.9 Å². The topological polar surface area (TPSA) is 247 Å². The highest BCUT2D eigenvalue weighted by molar-refractivity contribution is 5.95. The molecule has 0 aromatic heterocycles. The summed E-state index contributed by atoms with van der Waals surface area (Å²) in [6, 6.07) is 12.6. The lowest BCUT2D eigenvalue weighted by Gasteiger charge is -2.25. The standard InChI is InChI=1S/C38H52N4O12/c1-25(43)21-29(22-27-10-13-30(44)14-11-27)38(50)40-32(23-26-7-4-3-5-8-26)34(46)24-28(12-16-35(47)41-51)37(49)39-31(15-17-36(48)42-52)33(45)9-6-18-54-20-19-53-2/h3-5,7-8,10-11,13-14,28-29,31-32,44,51-52H,6,9,12,15-24H2,1-2H3,(H,39,49)(H,40,50)(H,41,47)(H,42,48)/t28-,29+,31-,32-/m1/s1. The number of hydrogen-bond acceptors (Lipinski definition) is 12. The van der Waals surface area contributed by atoms with Crippen molar-refractivity contribution >= 4 is 41.0 Å². The van der Waals surface area contributed by atoms with Gasteiger partial charge in [0.1, 0.15) is 11.5 Å². The van der Waals surface area contributed by atoms with Crippen LogP contribution in [-0.4, -0.2) is 95.5 Å². The lowest BCUT2D eigenvalue weighted by Crippen LogP contribution is -2.48. The van der Waals surface area contributed by atoms with Crippen LogP contribution in [0.25, 0.3) is 0 Å². The first-order valence-corrected chi connectivity index (χ1v) is 17.8. The molecule has 0 bridgehead atoms. The molecule has 0 saturated heterocycles. The Morgan fingerprint density at radius 1 is 0.648 bits per heavy atom. The van der Waals surface area contributed by atoms with E-state index in [9.17, 15) is 38.7 Å². The Morgan fingerprint density at radius 3 is 1.85 bits per heavy atom. The van der Waals surface area contributed by atoms with Crippen molar-refractivity contribution in [2.24, 2.45) is 11.8 Å². The minimum Gasteiger partial charge on any atom is -0.508 e. The van der Waals surface area contributed by atoms with Gasteiger partial charge in [-0.25, -0.2) is 11.0 Å². The first-order chi connectivity index (χ1) is 25.9. The fraction of sp³-hybridized carbons (Fsp3) is 0.500. The first-order valence-electron chi connectivity index (χ1n) is 17.8. The van der Waals surface area contributed by atoms with Crippen LogP contribution in [0, 0.1) is 11.8 Å².